The van der Waals surface area contributed by atoms with Crippen LogP contribution in [0.4, 0.5) is 5.69 Å². The second-order valence-corrected chi connectivity index (χ2v) is 4.64. The lowest BCUT2D eigenvalue weighted by atomic mass is 10.1. The maximum atomic E-state index is 12.2. The number of hydrogen-bond donors (Lipinski definition) is 1. The lowest BCUT2D eigenvalue weighted by Gasteiger charge is -2.23. The van der Waals surface area contributed by atoms with Crippen molar-refractivity contribution >= 4 is 17.6 Å². The van der Waals surface area contributed by atoms with E-state index in [0.717, 1.165) is 5.56 Å². The maximum absolute atomic E-state index is 12.2. The Kier molecular flexibility index (Phi) is 5.32. The third-order valence-electron chi connectivity index (χ3n) is 3.29. The van der Waals surface area contributed by atoms with Gasteiger partial charge in [0.15, 0.2) is 0 Å². The summed E-state index contributed by atoms with van der Waals surface area (Å²) >= 11 is 0. The third-order valence-corrected chi connectivity index (χ3v) is 3.29. The molecular formula is C17H17NO5. The Labute approximate surface area is 133 Å². The number of aliphatic hydroxyl groups is 1. The van der Waals surface area contributed by atoms with Crippen LogP contribution < -0.4 is 4.90 Å². The van der Waals surface area contributed by atoms with Crippen molar-refractivity contribution in [2.45, 2.75) is 6.61 Å². The summed E-state index contributed by atoms with van der Waals surface area (Å²) in [5, 5.41) is 9.13. The van der Waals surface area contributed by atoms with Crippen molar-refractivity contribution in [3.8, 4) is 0 Å². The van der Waals surface area contributed by atoms with Gasteiger partial charge in [-0.25, -0.2) is 9.59 Å². The third kappa shape index (κ3) is 3.49. The lowest BCUT2D eigenvalue weighted by molar-refractivity contribution is -0.139. The highest BCUT2D eigenvalue weighted by Crippen LogP contribution is 2.26. The molecule has 0 amide bonds. The number of ether oxygens (including phenoxy) is 2. The van der Waals surface area contributed by atoms with Gasteiger partial charge >= 0.3 is 11.9 Å². The highest BCUT2D eigenvalue weighted by molar-refractivity contribution is 6.05. The monoisotopic (exact) mass is 315 g/mol. The van der Waals surface area contributed by atoms with Crippen LogP contribution in [0.15, 0.2) is 60.0 Å². The normalized spacial score (nSPS) is 13.8. The first-order chi connectivity index (χ1) is 11.1. The molecular weight excluding hydrogens is 298 g/mol. The SMILES string of the molecule is COC(=O)C1=C(C(=O)OC)N(c2ccc(CO)cc2)C=CC=C1. The predicted octanol–water partition coefficient (Wildman–Crippen LogP) is 1.67. The molecule has 6 heteroatoms. The van der Waals surface area contributed by atoms with E-state index < -0.39 is 11.9 Å². The molecule has 0 radical (unpaired) electrons. The first-order valence-corrected chi connectivity index (χ1v) is 6.87. The summed E-state index contributed by atoms with van der Waals surface area (Å²) in [6.07, 6.45) is 6.47. The molecule has 0 aromatic heterocycles. The zero-order chi connectivity index (χ0) is 16.8. The number of allylic oxidation sites excluding steroid dienone is 2. The molecule has 6 nitrogen and oxygen atoms in total. The molecule has 0 unspecified atom stereocenters. The Morgan fingerprint density at radius 2 is 1.70 bits per heavy atom. The van der Waals surface area contributed by atoms with Crippen LogP contribution in [0.25, 0.3) is 0 Å². The second-order valence-electron chi connectivity index (χ2n) is 4.64. The van der Waals surface area contributed by atoms with E-state index in [0.29, 0.717) is 5.69 Å². The molecule has 0 spiro atoms. The number of methoxy groups -OCH3 is 2. The van der Waals surface area contributed by atoms with E-state index in [1.807, 2.05) is 0 Å². The van der Waals surface area contributed by atoms with Gasteiger partial charge in [0.05, 0.1) is 26.4 Å². The Morgan fingerprint density at radius 3 is 2.26 bits per heavy atom. The van der Waals surface area contributed by atoms with Gasteiger partial charge in [-0.3, -0.25) is 0 Å². The van der Waals surface area contributed by atoms with Crippen molar-refractivity contribution in [2.24, 2.45) is 0 Å². The molecule has 0 bridgehead atoms. The van der Waals surface area contributed by atoms with Gasteiger partial charge in [-0.15, -0.1) is 0 Å². The van der Waals surface area contributed by atoms with Gasteiger partial charge in [-0.05, 0) is 29.8 Å². The number of carbonyl (C=O) groups excluding carboxylic acids is 2. The summed E-state index contributed by atoms with van der Waals surface area (Å²) in [5.74, 6) is -1.30. The zero-order valence-corrected chi connectivity index (χ0v) is 12.9. The molecule has 1 aliphatic heterocycles. The number of nitrogens with zero attached hydrogens (tertiary/aromatic N) is 1. The fraction of sp³-hybridized carbons (Fsp3) is 0.176. The summed E-state index contributed by atoms with van der Waals surface area (Å²) in [6, 6.07) is 6.93. The first-order valence-electron chi connectivity index (χ1n) is 6.87. The average Bonchev–Trinajstić information content (AvgIpc) is 2.83. The number of benzene rings is 1. The molecule has 0 saturated heterocycles. The molecule has 1 heterocycles. The number of esters is 2. The van der Waals surface area contributed by atoms with Gasteiger partial charge < -0.3 is 19.5 Å². The Balaban J connectivity index is 2.57. The first kappa shape index (κ1) is 16.5. The molecule has 1 aromatic carbocycles. The minimum Gasteiger partial charge on any atom is -0.465 e. The Morgan fingerprint density at radius 1 is 1.04 bits per heavy atom. The minimum absolute atomic E-state index is 0.0566. The van der Waals surface area contributed by atoms with Crippen molar-refractivity contribution in [3.05, 3.63) is 65.5 Å². The van der Waals surface area contributed by atoms with Crippen molar-refractivity contribution in [3.63, 3.8) is 0 Å². The van der Waals surface area contributed by atoms with Crippen LogP contribution in [0.3, 0.4) is 0 Å². The molecule has 0 aliphatic carbocycles. The zero-order valence-electron chi connectivity index (χ0n) is 12.9. The standard InChI is InChI=1S/C17H17NO5/c1-22-16(20)14-5-3-4-10-18(15(14)17(21)23-2)13-8-6-12(11-19)7-9-13/h3-10,19H,11H2,1-2H3. The van der Waals surface area contributed by atoms with E-state index in [4.69, 9.17) is 14.6 Å². The summed E-state index contributed by atoms with van der Waals surface area (Å²) in [7, 11) is 2.49. The van der Waals surface area contributed by atoms with Crippen LogP contribution in [0, 0.1) is 0 Å². The number of carbonyl (C=O) groups is 2. The number of rotatable bonds is 4. The average molecular weight is 315 g/mol. The largest absolute Gasteiger partial charge is 0.465 e. The van der Waals surface area contributed by atoms with Crippen LogP contribution in [0.2, 0.25) is 0 Å². The highest BCUT2D eigenvalue weighted by atomic mass is 16.5. The van der Waals surface area contributed by atoms with Gasteiger partial charge in [0.2, 0.25) is 0 Å². The number of anilines is 1. The van der Waals surface area contributed by atoms with E-state index >= 15 is 0 Å². The van der Waals surface area contributed by atoms with Crippen LogP contribution >= 0.6 is 0 Å². The van der Waals surface area contributed by atoms with Crippen molar-refractivity contribution in [1.82, 2.24) is 0 Å². The smallest absolute Gasteiger partial charge is 0.355 e. The number of hydrogen-bond acceptors (Lipinski definition) is 6. The lowest BCUT2D eigenvalue weighted by Crippen LogP contribution is -2.26. The van der Waals surface area contributed by atoms with Crippen LogP contribution in [-0.4, -0.2) is 31.3 Å². The molecule has 1 aliphatic rings. The molecule has 1 N–H and O–H groups in total. The minimum atomic E-state index is -0.659. The van der Waals surface area contributed by atoms with Crippen LogP contribution in [0.5, 0.6) is 0 Å². The van der Waals surface area contributed by atoms with E-state index in [1.54, 1.807) is 47.5 Å². The molecule has 1 aromatic rings. The molecule has 120 valence electrons. The molecule has 0 atom stereocenters. The van der Waals surface area contributed by atoms with E-state index in [-0.39, 0.29) is 17.9 Å². The Bertz CT molecular complexity index is 685. The fourth-order valence-corrected chi connectivity index (χ4v) is 2.13. The van der Waals surface area contributed by atoms with Gasteiger partial charge in [0, 0.05) is 11.9 Å². The second kappa shape index (κ2) is 7.42. The molecule has 23 heavy (non-hydrogen) atoms. The van der Waals surface area contributed by atoms with Gasteiger partial charge in [-0.1, -0.05) is 18.2 Å². The van der Waals surface area contributed by atoms with Crippen molar-refractivity contribution in [2.75, 3.05) is 19.1 Å². The maximum Gasteiger partial charge on any atom is 0.355 e. The summed E-state index contributed by atoms with van der Waals surface area (Å²) in [6.45, 7) is -0.0786. The fourth-order valence-electron chi connectivity index (χ4n) is 2.13. The van der Waals surface area contributed by atoms with Crippen LogP contribution in [0.1, 0.15) is 5.56 Å². The van der Waals surface area contributed by atoms with Crippen molar-refractivity contribution < 1.29 is 24.2 Å². The van der Waals surface area contributed by atoms with Crippen molar-refractivity contribution in [1.29, 1.82) is 0 Å². The molecule has 0 saturated carbocycles. The quantitative estimate of drug-likeness (QED) is 0.852. The summed E-state index contributed by atoms with van der Waals surface area (Å²) in [5.41, 5.74) is 1.53. The summed E-state index contributed by atoms with van der Waals surface area (Å²) < 4.78 is 9.56. The van der Waals surface area contributed by atoms with E-state index in [2.05, 4.69) is 0 Å². The highest BCUT2D eigenvalue weighted by Gasteiger charge is 2.27. The van der Waals surface area contributed by atoms with Gasteiger partial charge in [0.1, 0.15) is 5.70 Å². The predicted molar refractivity (Wildman–Crippen MR) is 84.2 cm³/mol. The Hall–Kier alpha value is -2.86. The number of aliphatic hydroxyl groups excluding tert-OH is 1. The summed E-state index contributed by atoms with van der Waals surface area (Å²) in [4.78, 5) is 25.8. The molecule has 2 rings (SSSR count). The molecule has 0 fully saturated rings. The van der Waals surface area contributed by atoms with Gasteiger partial charge in [0.25, 0.3) is 0 Å². The van der Waals surface area contributed by atoms with E-state index in [9.17, 15) is 9.59 Å². The van der Waals surface area contributed by atoms with Crippen LogP contribution in [-0.2, 0) is 25.7 Å². The topological polar surface area (TPSA) is 76.1 Å². The van der Waals surface area contributed by atoms with E-state index in [1.165, 1.54) is 20.3 Å². The van der Waals surface area contributed by atoms with Gasteiger partial charge in [-0.2, -0.15) is 0 Å².